The van der Waals surface area contributed by atoms with Crippen molar-refractivity contribution in [3.8, 4) is 0 Å². The fourth-order valence-corrected chi connectivity index (χ4v) is 2.81. The lowest BCUT2D eigenvalue weighted by Gasteiger charge is -2.39. The van der Waals surface area contributed by atoms with Crippen molar-refractivity contribution in [2.45, 2.75) is 25.6 Å². The van der Waals surface area contributed by atoms with Gasteiger partial charge in [0.1, 0.15) is 12.2 Å². The van der Waals surface area contributed by atoms with Gasteiger partial charge in [0.25, 0.3) is 0 Å². The summed E-state index contributed by atoms with van der Waals surface area (Å²) >= 11 is 0. The van der Waals surface area contributed by atoms with Crippen LogP contribution in [0.5, 0.6) is 0 Å². The van der Waals surface area contributed by atoms with E-state index in [0.29, 0.717) is 12.1 Å². The first-order valence-electron chi connectivity index (χ1n) is 7.09. The molecule has 3 rings (SSSR count). The molecule has 1 fully saturated rings. The second-order valence-corrected chi connectivity index (χ2v) is 5.47. The number of nitrogens with one attached hydrogen (secondary N) is 1. The van der Waals surface area contributed by atoms with Crippen molar-refractivity contribution >= 4 is 0 Å². The molecule has 2 unspecified atom stereocenters. The molecule has 5 heteroatoms. The van der Waals surface area contributed by atoms with Crippen LogP contribution in [0.3, 0.4) is 0 Å². The first kappa shape index (κ1) is 13.3. The van der Waals surface area contributed by atoms with Gasteiger partial charge in [0.15, 0.2) is 0 Å². The van der Waals surface area contributed by atoms with E-state index in [1.54, 1.807) is 6.33 Å². The van der Waals surface area contributed by atoms with Crippen LogP contribution in [0.1, 0.15) is 24.4 Å². The van der Waals surface area contributed by atoms with Gasteiger partial charge in [-0.3, -0.25) is 9.58 Å². The van der Waals surface area contributed by atoms with Gasteiger partial charge in [-0.2, -0.15) is 5.10 Å². The number of aryl methyl sites for hydroxylation is 1. The Balaban J connectivity index is 1.82. The maximum absolute atomic E-state index is 4.35. The molecule has 1 aromatic carbocycles. The highest BCUT2D eigenvalue weighted by Crippen LogP contribution is 2.24. The van der Waals surface area contributed by atoms with Gasteiger partial charge in [-0.15, -0.1) is 0 Å². The molecule has 1 aliphatic rings. The Hall–Kier alpha value is -1.72. The van der Waals surface area contributed by atoms with Gasteiger partial charge in [-0.1, -0.05) is 30.3 Å². The van der Waals surface area contributed by atoms with E-state index in [0.717, 1.165) is 25.5 Å². The molecule has 5 nitrogen and oxygen atoms in total. The van der Waals surface area contributed by atoms with Crippen LogP contribution in [0.4, 0.5) is 0 Å². The summed E-state index contributed by atoms with van der Waals surface area (Å²) in [6, 6.07) is 11.6. The number of piperazine rings is 1. The minimum absolute atomic E-state index is 0.393. The van der Waals surface area contributed by atoms with E-state index < -0.39 is 0 Å². The van der Waals surface area contributed by atoms with Crippen LogP contribution in [-0.2, 0) is 13.6 Å². The molecule has 0 amide bonds. The zero-order chi connectivity index (χ0) is 13.9. The summed E-state index contributed by atoms with van der Waals surface area (Å²) in [4.78, 5) is 6.84. The van der Waals surface area contributed by atoms with Crippen molar-refractivity contribution in [1.82, 2.24) is 25.0 Å². The van der Waals surface area contributed by atoms with E-state index in [1.165, 1.54) is 5.56 Å². The van der Waals surface area contributed by atoms with Crippen LogP contribution < -0.4 is 5.32 Å². The number of rotatable bonds is 3. The monoisotopic (exact) mass is 271 g/mol. The highest BCUT2D eigenvalue weighted by atomic mass is 15.3. The minimum atomic E-state index is 0.393. The molecule has 20 heavy (non-hydrogen) atoms. The lowest BCUT2D eigenvalue weighted by atomic mass is 10.0. The molecule has 2 atom stereocenters. The number of hydrogen-bond acceptors (Lipinski definition) is 4. The zero-order valence-electron chi connectivity index (χ0n) is 12.0. The highest BCUT2D eigenvalue weighted by Gasteiger charge is 2.27. The topological polar surface area (TPSA) is 46.0 Å². The van der Waals surface area contributed by atoms with Gasteiger partial charge in [-0.25, -0.2) is 4.98 Å². The molecular weight excluding hydrogens is 250 g/mol. The summed E-state index contributed by atoms with van der Waals surface area (Å²) in [6.07, 6.45) is 1.62. The molecule has 1 N–H and O–H groups in total. The van der Waals surface area contributed by atoms with Crippen LogP contribution in [0.15, 0.2) is 36.7 Å². The molecule has 0 spiro atoms. The predicted octanol–water partition coefficient (Wildman–Crippen LogP) is 1.35. The Bertz CT molecular complexity index is 550. The Morgan fingerprint density at radius 1 is 1.30 bits per heavy atom. The molecule has 106 valence electrons. The van der Waals surface area contributed by atoms with Crippen molar-refractivity contribution in [2.75, 3.05) is 13.1 Å². The molecule has 0 aliphatic carbocycles. The fourth-order valence-electron chi connectivity index (χ4n) is 2.81. The summed E-state index contributed by atoms with van der Waals surface area (Å²) in [5, 5.41) is 7.73. The first-order valence-corrected chi connectivity index (χ1v) is 7.09. The van der Waals surface area contributed by atoms with E-state index in [-0.39, 0.29) is 0 Å². The number of hydrogen-bond donors (Lipinski definition) is 1. The Kier molecular flexibility index (Phi) is 3.80. The third kappa shape index (κ3) is 2.73. The molecular formula is C15H21N5. The lowest BCUT2D eigenvalue weighted by molar-refractivity contribution is 0.123. The average Bonchev–Trinajstić information content (AvgIpc) is 2.85. The summed E-state index contributed by atoms with van der Waals surface area (Å²) in [7, 11) is 1.95. The van der Waals surface area contributed by atoms with E-state index in [1.807, 2.05) is 11.7 Å². The van der Waals surface area contributed by atoms with Crippen LogP contribution in [0, 0.1) is 0 Å². The van der Waals surface area contributed by atoms with Gasteiger partial charge in [0.2, 0.25) is 0 Å². The fraction of sp³-hybridized carbons (Fsp3) is 0.467. The number of benzene rings is 1. The summed E-state index contributed by atoms with van der Waals surface area (Å²) < 4.78 is 1.86. The number of nitrogens with zero attached hydrogens (tertiary/aromatic N) is 4. The predicted molar refractivity (Wildman–Crippen MR) is 78.1 cm³/mol. The average molecular weight is 271 g/mol. The normalized spacial score (nSPS) is 23.9. The summed E-state index contributed by atoms with van der Waals surface area (Å²) in [5.41, 5.74) is 1.36. The quantitative estimate of drug-likeness (QED) is 0.915. The van der Waals surface area contributed by atoms with Crippen LogP contribution in [-0.4, -0.2) is 38.8 Å². The van der Waals surface area contributed by atoms with Crippen molar-refractivity contribution in [3.63, 3.8) is 0 Å². The van der Waals surface area contributed by atoms with Crippen molar-refractivity contribution in [1.29, 1.82) is 0 Å². The molecule has 0 saturated carbocycles. The van der Waals surface area contributed by atoms with Crippen LogP contribution in [0.25, 0.3) is 0 Å². The van der Waals surface area contributed by atoms with E-state index in [4.69, 9.17) is 0 Å². The highest BCUT2D eigenvalue weighted by molar-refractivity contribution is 5.20. The van der Waals surface area contributed by atoms with Gasteiger partial charge in [-0.05, 0) is 12.5 Å². The first-order chi connectivity index (χ1) is 9.74. The molecule has 0 radical (unpaired) electrons. The standard InChI is InChI=1S/C15H21N5/c1-12-9-20(10-15-17-11-18-19(15)2)14(8-16-12)13-6-4-3-5-7-13/h3-7,11-12,14,16H,8-10H2,1-2H3. The van der Waals surface area contributed by atoms with Crippen molar-refractivity contribution in [2.24, 2.45) is 7.05 Å². The van der Waals surface area contributed by atoms with Gasteiger partial charge >= 0.3 is 0 Å². The van der Waals surface area contributed by atoms with Gasteiger partial charge in [0, 0.05) is 32.2 Å². The molecule has 0 bridgehead atoms. The Morgan fingerprint density at radius 3 is 2.80 bits per heavy atom. The second kappa shape index (κ2) is 5.73. The maximum atomic E-state index is 4.35. The van der Waals surface area contributed by atoms with Crippen molar-refractivity contribution < 1.29 is 0 Å². The molecule has 1 saturated heterocycles. The minimum Gasteiger partial charge on any atom is -0.311 e. The zero-order valence-corrected chi connectivity index (χ0v) is 12.0. The second-order valence-electron chi connectivity index (χ2n) is 5.47. The third-order valence-electron chi connectivity index (χ3n) is 3.94. The smallest absolute Gasteiger partial charge is 0.140 e. The Morgan fingerprint density at radius 2 is 2.10 bits per heavy atom. The van der Waals surface area contributed by atoms with Crippen LogP contribution >= 0.6 is 0 Å². The van der Waals surface area contributed by atoms with E-state index >= 15 is 0 Å². The molecule has 1 aliphatic heterocycles. The van der Waals surface area contributed by atoms with Crippen molar-refractivity contribution in [3.05, 3.63) is 48.0 Å². The molecule has 2 heterocycles. The molecule has 1 aromatic heterocycles. The summed E-state index contributed by atoms with van der Waals surface area (Å²) in [5.74, 6) is 1.01. The van der Waals surface area contributed by atoms with E-state index in [2.05, 4.69) is 57.6 Å². The van der Waals surface area contributed by atoms with Gasteiger partial charge < -0.3 is 5.32 Å². The number of aromatic nitrogens is 3. The van der Waals surface area contributed by atoms with Crippen LogP contribution in [0.2, 0.25) is 0 Å². The Labute approximate surface area is 119 Å². The maximum Gasteiger partial charge on any atom is 0.140 e. The summed E-state index contributed by atoms with van der Waals surface area (Å²) in [6.45, 7) is 5.06. The SMILES string of the molecule is CC1CN(Cc2ncnn2C)C(c2ccccc2)CN1. The van der Waals surface area contributed by atoms with Gasteiger partial charge in [0.05, 0.1) is 6.54 Å². The third-order valence-corrected chi connectivity index (χ3v) is 3.94. The molecule has 2 aromatic rings. The van der Waals surface area contributed by atoms with E-state index in [9.17, 15) is 0 Å². The largest absolute Gasteiger partial charge is 0.311 e. The lowest BCUT2D eigenvalue weighted by Crippen LogP contribution is -2.50.